The second-order valence-corrected chi connectivity index (χ2v) is 12.0. The van der Waals surface area contributed by atoms with E-state index in [2.05, 4.69) is 22.1 Å². The number of carbonyl (C=O) groups is 1. The number of amides is 1. The molecule has 2 unspecified atom stereocenters. The fourth-order valence-corrected chi connectivity index (χ4v) is 5.40. The Hall–Kier alpha value is -3.38. The van der Waals surface area contributed by atoms with Crippen LogP contribution in [0.4, 0.5) is 29.5 Å². The van der Waals surface area contributed by atoms with Gasteiger partial charge in [-0.15, -0.1) is 5.92 Å². The number of rotatable bonds is 6. The van der Waals surface area contributed by atoms with E-state index < -0.39 is 51.7 Å². The smallest absolute Gasteiger partial charge is 0.423 e. The van der Waals surface area contributed by atoms with Gasteiger partial charge in [0.05, 0.1) is 6.61 Å². The molecule has 14 heteroatoms. The number of nitrogens with zero attached hydrogens (tertiary/aromatic N) is 3. The van der Waals surface area contributed by atoms with Crippen molar-refractivity contribution in [2.45, 2.75) is 56.0 Å². The Bertz CT molecular complexity index is 1370. The summed E-state index contributed by atoms with van der Waals surface area (Å²) in [5.74, 6) is 5.80. The molecule has 2 atom stereocenters. The van der Waals surface area contributed by atoms with Gasteiger partial charge in [-0.3, -0.25) is 5.32 Å². The third-order valence-electron chi connectivity index (χ3n) is 6.03. The van der Waals surface area contributed by atoms with E-state index in [-0.39, 0.29) is 30.3 Å². The minimum atomic E-state index is -5.08. The molecule has 218 valence electrons. The van der Waals surface area contributed by atoms with Gasteiger partial charge in [-0.2, -0.15) is 17.5 Å². The first-order valence-corrected chi connectivity index (χ1v) is 13.6. The molecule has 3 rings (SSSR count). The number of aromatic nitrogens is 1. The predicted octanol–water partition coefficient (Wildman–Crippen LogP) is 3.07. The van der Waals surface area contributed by atoms with Gasteiger partial charge in [-0.25, -0.2) is 18.2 Å². The third kappa shape index (κ3) is 6.84. The summed E-state index contributed by atoms with van der Waals surface area (Å²) in [6, 6.07) is 6.87. The molecule has 0 aliphatic carbocycles. The fraction of sp³-hybridized carbons (Fsp3) is 0.462. The van der Waals surface area contributed by atoms with Crippen LogP contribution in [-0.2, 0) is 20.4 Å². The van der Waals surface area contributed by atoms with Crippen molar-refractivity contribution < 1.29 is 41.3 Å². The molecule has 1 aliphatic heterocycles. The first-order chi connectivity index (χ1) is 18.5. The Morgan fingerprint density at radius 2 is 1.80 bits per heavy atom. The van der Waals surface area contributed by atoms with Crippen LogP contribution in [0.25, 0.3) is 0 Å². The molecule has 2 aromatic rings. The number of pyridine rings is 1. The van der Waals surface area contributed by atoms with Crippen LogP contribution >= 0.6 is 0 Å². The number of anilines is 2. The molecule has 1 amide bonds. The van der Waals surface area contributed by atoms with Crippen LogP contribution in [0.2, 0.25) is 0 Å². The molecule has 1 saturated heterocycles. The van der Waals surface area contributed by atoms with E-state index in [1.165, 1.54) is 28.6 Å². The Morgan fingerprint density at radius 3 is 2.30 bits per heavy atom. The fourth-order valence-electron chi connectivity index (χ4n) is 4.01. The third-order valence-corrected chi connectivity index (χ3v) is 7.88. The van der Waals surface area contributed by atoms with Gasteiger partial charge in [0.25, 0.3) is 0 Å². The Morgan fingerprint density at radius 1 is 1.15 bits per heavy atom. The van der Waals surface area contributed by atoms with E-state index in [0.717, 1.165) is 18.3 Å². The molecule has 1 aromatic heterocycles. The van der Waals surface area contributed by atoms with Crippen LogP contribution in [0.5, 0.6) is 0 Å². The number of alkyl halides is 3. The Labute approximate surface area is 230 Å². The van der Waals surface area contributed by atoms with E-state index in [9.17, 15) is 36.6 Å². The zero-order chi connectivity index (χ0) is 29.9. The topological polar surface area (TPSA) is 132 Å². The number of ether oxygens (including phenoxy) is 1. The first kappa shape index (κ1) is 31.2. The number of hydrogen-bond acceptors (Lipinski definition) is 8. The van der Waals surface area contributed by atoms with Crippen molar-refractivity contribution in [2.75, 3.05) is 36.5 Å². The van der Waals surface area contributed by atoms with Crippen LogP contribution in [-0.4, -0.2) is 78.1 Å². The lowest BCUT2D eigenvalue weighted by atomic mass is 9.93. The van der Waals surface area contributed by atoms with Gasteiger partial charge in [0.15, 0.2) is 0 Å². The Kier molecular flexibility index (Phi) is 9.05. The maximum absolute atomic E-state index is 13.3. The number of benzene rings is 1. The molecule has 1 fully saturated rings. The number of nitrogens with one attached hydrogen (secondary N) is 1. The van der Waals surface area contributed by atoms with Gasteiger partial charge >= 0.3 is 12.3 Å². The molecule has 0 spiro atoms. The molecule has 2 heterocycles. The predicted molar refractivity (Wildman–Crippen MR) is 141 cm³/mol. The van der Waals surface area contributed by atoms with Gasteiger partial charge in [-0.1, -0.05) is 18.1 Å². The SMILES string of the molecule is CC#CC1CN(S(=O)(=O)c2ccc(NC(=O)OC(C)(C)C)nc2)CCN1c1ccc(C(O)(CO)C(F)(F)F)cc1. The normalized spacial score (nSPS) is 18.3. The highest BCUT2D eigenvalue weighted by Crippen LogP contribution is 2.39. The molecular formula is C26H31F3N4O6S. The second-order valence-electron chi connectivity index (χ2n) is 10.0. The van der Waals surface area contributed by atoms with E-state index in [1.807, 2.05) is 0 Å². The van der Waals surface area contributed by atoms with Crippen LogP contribution in [0.15, 0.2) is 47.5 Å². The zero-order valence-corrected chi connectivity index (χ0v) is 23.2. The van der Waals surface area contributed by atoms with Gasteiger partial charge in [0.2, 0.25) is 15.6 Å². The molecule has 1 aliphatic rings. The molecule has 1 aromatic carbocycles. The van der Waals surface area contributed by atoms with Crippen molar-refractivity contribution >= 4 is 27.6 Å². The summed E-state index contributed by atoms with van der Waals surface area (Å²) in [5, 5.41) is 21.6. The number of carbonyl (C=O) groups excluding carboxylic acids is 1. The van der Waals surface area contributed by atoms with Crippen molar-refractivity contribution in [3.63, 3.8) is 0 Å². The quantitative estimate of drug-likeness (QED) is 0.442. The van der Waals surface area contributed by atoms with Crippen molar-refractivity contribution in [2.24, 2.45) is 0 Å². The average Bonchev–Trinajstić information content (AvgIpc) is 2.87. The van der Waals surface area contributed by atoms with E-state index in [0.29, 0.717) is 5.69 Å². The van der Waals surface area contributed by atoms with E-state index >= 15 is 0 Å². The van der Waals surface area contributed by atoms with Crippen molar-refractivity contribution in [3.8, 4) is 11.8 Å². The zero-order valence-electron chi connectivity index (χ0n) is 22.4. The summed E-state index contributed by atoms with van der Waals surface area (Å²) >= 11 is 0. The highest BCUT2D eigenvalue weighted by Gasteiger charge is 2.54. The van der Waals surface area contributed by atoms with Crippen molar-refractivity contribution in [1.82, 2.24) is 9.29 Å². The summed E-state index contributed by atoms with van der Waals surface area (Å²) in [6.07, 6.45) is -4.70. The molecule has 10 nitrogen and oxygen atoms in total. The molecule has 40 heavy (non-hydrogen) atoms. The van der Waals surface area contributed by atoms with Crippen LogP contribution in [0.3, 0.4) is 0 Å². The number of aliphatic hydroxyl groups is 2. The highest BCUT2D eigenvalue weighted by atomic mass is 32.2. The maximum atomic E-state index is 13.3. The minimum Gasteiger partial charge on any atom is -0.444 e. The molecule has 0 radical (unpaired) electrons. The first-order valence-electron chi connectivity index (χ1n) is 12.2. The van der Waals surface area contributed by atoms with Gasteiger partial charge in [-0.05, 0) is 57.5 Å². The summed E-state index contributed by atoms with van der Waals surface area (Å²) < 4.78 is 73.0. The molecular weight excluding hydrogens is 553 g/mol. The summed E-state index contributed by atoms with van der Waals surface area (Å²) in [7, 11) is -3.99. The van der Waals surface area contributed by atoms with Gasteiger partial charge in [0, 0.05) is 31.5 Å². The monoisotopic (exact) mass is 584 g/mol. The van der Waals surface area contributed by atoms with Crippen LogP contribution in [0, 0.1) is 11.8 Å². The Balaban J connectivity index is 1.77. The number of hydrogen-bond donors (Lipinski definition) is 3. The minimum absolute atomic E-state index is 0.0358. The average molecular weight is 585 g/mol. The van der Waals surface area contributed by atoms with Gasteiger partial charge in [0.1, 0.15) is 22.4 Å². The second kappa shape index (κ2) is 11.6. The maximum Gasteiger partial charge on any atom is 0.423 e. The van der Waals surface area contributed by atoms with E-state index in [4.69, 9.17) is 4.74 Å². The highest BCUT2D eigenvalue weighted by molar-refractivity contribution is 7.89. The largest absolute Gasteiger partial charge is 0.444 e. The summed E-state index contributed by atoms with van der Waals surface area (Å²) in [4.78, 5) is 17.6. The van der Waals surface area contributed by atoms with Crippen molar-refractivity contribution in [3.05, 3.63) is 48.2 Å². The molecule has 0 bridgehead atoms. The summed E-state index contributed by atoms with van der Waals surface area (Å²) in [6.45, 7) is 5.33. The van der Waals surface area contributed by atoms with Gasteiger partial charge < -0.3 is 19.8 Å². The number of piperazine rings is 1. The standard InChI is InChI=1S/C26H31F3N4O6S/c1-5-6-20-16-32(40(37,38)21-11-12-22(30-15-21)31-23(35)39-24(2,3)4)13-14-33(20)19-9-7-18(8-10-19)25(36,17-34)26(27,28)29/h7-12,15,20,34,36H,13-14,16-17H2,1-4H3,(H,30,31,35). The van der Waals surface area contributed by atoms with Crippen molar-refractivity contribution in [1.29, 1.82) is 0 Å². The number of halogens is 3. The lowest BCUT2D eigenvalue weighted by molar-refractivity contribution is -0.277. The lowest BCUT2D eigenvalue weighted by Gasteiger charge is -2.40. The summed E-state index contributed by atoms with van der Waals surface area (Å²) in [5.41, 5.74) is -4.19. The van der Waals surface area contributed by atoms with Crippen LogP contribution < -0.4 is 10.2 Å². The van der Waals surface area contributed by atoms with Crippen LogP contribution in [0.1, 0.15) is 33.3 Å². The van der Waals surface area contributed by atoms with E-state index in [1.54, 1.807) is 32.6 Å². The number of aliphatic hydroxyl groups excluding tert-OH is 1. The number of sulfonamides is 1. The molecule has 0 saturated carbocycles. The lowest BCUT2D eigenvalue weighted by Crippen LogP contribution is -2.54. The molecule has 3 N–H and O–H groups in total.